The molecule has 8 nitrogen and oxygen atoms in total. The predicted molar refractivity (Wildman–Crippen MR) is 60.2 cm³/mol. The van der Waals surface area contributed by atoms with Gasteiger partial charge in [0.05, 0.1) is 17.0 Å². The monoisotopic (exact) mass is 260 g/mol. The molecule has 9 heteroatoms. The van der Waals surface area contributed by atoms with Gasteiger partial charge in [-0.05, 0) is 6.92 Å². The highest BCUT2D eigenvalue weighted by Gasteiger charge is 2.10. The summed E-state index contributed by atoms with van der Waals surface area (Å²) in [5.41, 5.74) is 0.299. The molecule has 17 heavy (non-hydrogen) atoms. The normalized spacial score (nSPS) is 11.2. The molecule has 4 N–H and O–H groups in total. The highest BCUT2D eigenvalue weighted by atomic mass is 32.2. The largest absolute Gasteiger partial charge is 0.478 e. The molecule has 0 aromatic carbocycles. The van der Waals surface area contributed by atoms with Crippen LogP contribution in [0.4, 0.5) is 5.95 Å². The van der Waals surface area contributed by atoms with Crippen LogP contribution in [-0.2, 0) is 10.0 Å². The number of hydrogen-bond donors (Lipinski definition) is 3. The number of sulfonamides is 1. The van der Waals surface area contributed by atoms with Gasteiger partial charge < -0.3 is 10.4 Å². The summed E-state index contributed by atoms with van der Waals surface area (Å²) < 4.78 is 21.3. The summed E-state index contributed by atoms with van der Waals surface area (Å²) in [7, 11) is -3.54. The lowest BCUT2D eigenvalue weighted by Crippen LogP contribution is -2.23. The standard InChI is InChI=1S/C8H12N4O4S/c1-5-6(7(13)14)4-11-8(12-5)10-2-3-17(9,15)16/h4H,2-3H2,1H3,(H,13,14)(H2,9,15,16)(H,10,11,12). The van der Waals surface area contributed by atoms with Crippen molar-refractivity contribution < 1.29 is 18.3 Å². The summed E-state index contributed by atoms with van der Waals surface area (Å²) in [6.07, 6.45) is 1.16. The lowest BCUT2D eigenvalue weighted by molar-refractivity contribution is 0.0695. The van der Waals surface area contributed by atoms with E-state index in [1.165, 1.54) is 6.92 Å². The van der Waals surface area contributed by atoms with E-state index in [0.717, 1.165) is 6.20 Å². The number of carboxylic acid groups (broad SMARTS) is 1. The van der Waals surface area contributed by atoms with Crippen molar-refractivity contribution in [3.8, 4) is 0 Å². The SMILES string of the molecule is Cc1nc(NCCS(N)(=O)=O)ncc1C(=O)O. The number of rotatable bonds is 5. The lowest BCUT2D eigenvalue weighted by Gasteiger charge is -2.05. The van der Waals surface area contributed by atoms with Gasteiger partial charge in [-0.3, -0.25) is 0 Å². The Bertz CT molecular complexity index is 528. The first-order valence-corrected chi connectivity index (χ1v) is 6.32. The van der Waals surface area contributed by atoms with E-state index < -0.39 is 16.0 Å². The van der Waals surface area contributed by atoms with E-state index in [2.05, 4.69) is 15.3 Å². The first-order chi connectivity index (χ1) is 7.79. The minimum absolute atomic E-state index is 0.00185. The zero-order valence-corrected chi connectivity index (χ0v) is 9.86. The number of aromatic nitrogens is 2. The molecule has 1 rings (SSSR count). The third-order valence-electron chi connectivity index (χ3n) is 1.88. The smallest absolute Gasteiger partial charge is 0.339 e. The second-order valence-electron chi connectivity index (χ2n) is 3.29. The van der Waals surface area contributed by atoms with Crippen LogP contribution in [-0.4, -0.2) is 41.8 Å². The number of primary sulfonamides is 1. The second-order valence-corrected chi connectivity index (χ2v) is 5.03. The molecule has 0 spiro atoms. The van der Waals surface area contributed by atoms with Crippen LogP contribution in [0.1, 0.15) is 16.1 Å². The summed E-state index contributed by atoms with van der Waals surface area (Å²) in [4.78, 5) is 18.3. The molecule has 0 bridgehead atoms. The number of carboxylic acids is 1. The van der Waals surface area contributed by atoms with Crippen LogP contribution < -0.4 is 10.5 Å². The molecule has 1 aromatic rings. The lowest BCUT2D eigenvalue weighted by atomic mass is 10.2. The zero-order valence-electron chi connectivity index (χ0n) is 9.04. The van der Waals surface area contributed by atoms with E-state index in [1.807, 2.05) is 0 Å². The fourth-order valence-corrected chi connectivity index (χ4v) is 1.45. The van der Waals surface area contributed by atoms with Crippen LogP contribution >= 0.6 is 0 Å². The van der Waals surface area contributed by atoms with Crippen molar-refractivity contribution >= 4 is 21.9 Å². The molecule has 0 aliphatic rings. The Kier molecular flexibility index (Phi) is 3.97. The predicted octanol–water partition coefficient (Wildman–Crippen LogP) is -0.816. The van der Waals surface area contributed by atoms with E-state index in [9.17, 15) is 13.2 Å². The zero-order chi connectivity index (χ0) is 13.1. The van der Waals surface area contributed by atoms with Crippen molar-refractivity contribution in [1.29, 1.82) is 0 Å². The number of aryl methyl sites for hydroxylation is 1. The molecule has 0 saturated heterocycles. The van der Waals surface area contributed by atoms with Gasteiger partial charge >= 0.3 is 5.97 Å². The maximum Gasteiger partial charge on any atom is 0.339 e. The molecular formula is C8H12N4O4S. The molecule has 0 saturated carbocycles. The Morgan fingerprint density at radius 3 is 2.71 bits per heavy atom. The summed E-state index contributed by atoms with van der Waals surface area (Å²) in [5.74, 6) is -1.20. The van der Waals surface area contributed by atoms with Crippen molar-refractivity contribution in [2.24, 2.45) is 5.14 Å². The number of nitrogens with one attached hydrogen (secondary N) is 1. The van der Waals surface area contributed by atoms with Crippen molar-refractivity contribution in [2.45, 2.75) is 6.92 Å². The molecule has 0 unspecified atom stereocenters. The van der Waals surface area contributed by atoms with Gasteiger partial charge in [0.25, 0.3) is 0 Å². The number of hydrogen-bond acceptors (Lipinski definition) is 6. The number of nitrogens with zero attached hydrogens (tertiary/aromatic N) is 2. The van der Waals surface area contributed by atoms with E-state index in [-0.39, 0.29) is 23.8 Å². The van der Waals surface area contributed by atoms with Crippen LogP contribution in [0.2, 0.25) is 0 Å². The quantitative estimate of drug-likeness (QED) is 0.629. The Morgan fingerprint density at radius 2 is 2.24 bits per heavy atom. The van der Waals surface area contributed by atoms with Gasteiger partial charge in [0, 0.05) is 12.7 Å². The molecule has 1 heterocycles. The van der Waals surface area contributed by atoms with Crippen molar-refractivity contribution in [1.82, 2.24) is 9.97 Å². The van der Waals surface area contributed by atoms with Crippen LogP contribution in [0.15, 0.2) is 6.20 Å². The molecule has 1 aromatic heterocycles. The van der Waals surface area contributed by atoms with Gasteiger partial charge in [-0.15, -0.1) is 0 Å². The molecule has 0 fully saturated rings. The third kappa shape index (κ3) is 4.33. The second kappa shape index (κ2) is 5.06. The third-order valence-corrected chi connectivity index (χ3v) is 2.65. The van der Waals surface area contributed by atoms with E-state index in [0.29, 0.717) is 5.69 Å². The Labute approximate surface area is 97.9 Å². The minimum Gasteiger partial charge on any atom is -0.478 e. The average Bonchev–Trinajstić information content (AvgIpc) is 2.15. The van der Waals surface area contributed by atoms with Crippen molar-refractivity contribution in [3.05, 3.63) is 17.5 Å². The molecule has 0 aliphatic carbocycles. The topological polar surface area (TPSA) is 135 Å². The Hall–Kier alpha value is -1.74. The fourth-order valence-electron chi connectivity index (χ4n) is 1.07. The number of nitrogens with two attached hydrogens (primary N) is 1. The van der Waals surface area contributed by atoms with Crippen molar-refractivity contribution in [2.75, 3.05) is 17.6 Å². The maximum atomic E-state index is 10.7. The van der Waals surface area contributed by atoms with Gasteiger partial charge in [0.2, 0.25) is 16.0 Å². The molecule has 0 aliphatic heterocycles. The number of aromatic carboxylic acids is 1. The Morgan fingerprint density at radius 1 is 1.59 bits per heavy atom. The summed E-state index contributed by atoms with van der Waals surface area (Å²) in [5, 5.41) is 16.2. The molecular weight excluding hydrogens is 248 g/mol. The first-order valence-electron chi connectivity index (χ1n) is 4.61. The summed E-state index contributed by atoms with van der Waals surface area (Å²) in [6.45, 7) is 1.58. The van der Waals surface area contributed by atoms with Gasteiger partial charge in [0.1, 0.15) is 0 Å². The van der Waals surface area contributed by atoms with Gasteiger partial charge in [0.15, 0.2) is 0 Å². The molecule has 0 atom stereocenters. The minimum atomic E-state index is -3.54. The van der Waals surface area contributed by atoms with Crippen molar-refractivity contribution in [3.63, 3.8) is 0 Å². The van der Waals surface area contributed by atoms with Crippen LogP contribution in [0.5, 0.6) is 0 Å². The molecule has 0 amide bonds. The van der Waals surface area contributed by atoms with E-state index in [4.69, 9.17) is 10.2 Å². The maximum absolute atomic E-state index is 10.7. The fraction of sp³-hybridized carbons (Fsp3) is 0.375. The summed E-state index contributed by atoms with van der Waals surface area (Å²) >= 11 is 0. The van der Waals surface area contributed by atoms with E-state index in [1.54, 1.807) is 0 Å². The first kappa shape index (κ1) is 13.3. The highest BCUT2D eigenvalue weighted by Crippen LogP contribution is 2.06. The highest BCUT2D eigenvalue weighted by molar-refractivity contribution is 7.89. The van der Waals surface area contributed by atoms with Crippen LogP contribution in [0.3, 0.4) is 0 Å². The van der Waals surface area contributed by atoms with Crippen LogP contribution in [0.25, 0.3) is 0 Å². The van der Waals surface area contributed by atoms with Gasteiger partial charge in [-0.1, -0.05) is 0 Å². The van der Waals surface area contributed by atoms with Crippen LogP contribution in [0, 0.1) is 6.92 Å². The Balaban J connectivity index is 2.68. The number of carbonyl (C=O) groups is 1. The van der Waals surface area contributed by atoms with Gasteiger partial charge in [-0.25, -0.2) is 28.3 Å². The van der Waals surface area contributed by atoms with Gasteiger partial charge in [-0.2, -0.15) is 0 Å². The summed E-state index contributed by atoms with van der Waals surface area (Å²) in [6, 6.07) is 0. The molecule has 94 valence electrons. The average molecular weight is 260 g/mol. The molecule has 0 radical (unpaired) electrons. The number of anilines is 1. The van der Waals surface area contributed by atoms with E-state index >= 15 is 0 Å².